The zero-order valence-electron chi connectivity index (χ0n) is 21.0. The molecule has 0 aromatic heterocycles. The molecule has 1 saturated heterocycles. The first kappa shape index (κ1) is 39.7. The van der Waals surface area contributed by atoms with Gasteiger partial charge in [-0.05, 0) is 12.5 Å². The van der Waals surface area contributed by atoms with Gasteiger partial charge in [0, 0.05) is 21.3 Å². The molecule has 0 amide bonds. The van der Waals surface area contributed by atoms with Gasteiger partial charge in [-0.2, -0.15) is 92.2 Å². The molecule has 0 aromatic carbocycles. The van der Waals surface area contributed by atoms with Crippen molar-refractivity contribution in [3.63, 3.8) is 0 Å². The molecule has 43 heavy (non-hydrogen) atoms. The van der Waals surface area contributed by atoms with Gasteiger partial charge in [0.05, 0.1) is 0 Å². The Morgan fingerprint density at radius 1 is 0.442 bits per heavy atom. The molecule has 1 aliphatic heterocycles. The highest BCUT2D eigenvalue weighted by Crippen LogP contribution is 2.68. The predicted molar refractivity (Wildman–Crippen MR) is 98.7 cm³/mol. The third-order valence-electron chi connectivity index (χ3n) is 6.93. The Kier molecular flexibility index (Phi) is 9.76. The lowest BCUT2D eigenvalue weighted by molar-refractivity contribution is -0.477. The molecule has 0 bridgehead atoms. The number of ether oxygens (including phenoxy) is 1. The fourth-order valence-corrected chi connectivity index (χ4v) is 8.19. The second-order valence-corrected chi connectivity index (χ2v) is 12.7. The molecule has 0 saturated carbocycles. The van der Waals surface area contributed by atoms with E-state index < -0.39 is 92.2 Å². The van der Waals surface area contributed by atoms with E-state index in [1.807, 2.05) is 0 Å². The summed E-state index contributed by atoms with van der Waals surface area (Å²) in [6.45, 7) is 0. The summed E-state index contributed by atoms with van der Waals surface area (Å²) < 4.78 is 303. The van der Waals surface area contributed by atoms with Crippen LogP contribution in [0.25, 0.3) is 0 Å². The van der Waals surface area contributed by atoms with Gasteiger partial charge in [0.1, 0.15) is 0 Å². The Balaban J connectivity index is 3.97. The van der Waals surface area contributed by atoms with Crippen molar-refractivity contribution < 1.29 is 106 Å². The highest BCUT2D eigenvalue weighted by Gasteiger charge is 2.99. The van der Waals surface area contributed by atoms with E-state index >= 15 is 8.78 Å². The van der Waals surface area contributed by atoms with Crippen molar-refractivity contribution in [1.82, 2.24) is 0 Å². The lowest BCUT2D eigenvalue weighted by atomic mass is 9.84. The molecule has 0 radical (unpaired) electrons. The molecule has 0 spiro atoms. The Hall–Kier alpha value is -1.37. The van der Waals surface area contributed by atoms with Gasteiger partial charge < -0.3 is 13.6 Å². The van der Waals surface area contributed by atoms with Gasteiger partial charge in [-0.15, -0.1) is 0 Å². The average molecular weight is 708 g/mol. The van der Waals surface area contributed by atoms with Crippen molar-refractivity contribution in [1.29, 1.82) is 0 Å². The molecule has 258 valence electrons. The van der Waals surface area contributed by atoms with Crippen LogP contribution >= 0.6 is 0 Å². The quantitative estimate of drug-likeness (QED) is 0.152. The fraction of sp³-hybridized carbons (Fsp3) is 1.00. The molecule has 1 aliphatic rings. The molecule has 0 aliphatic carbocycles. The van der Waals surface area contributed by atoms with E-state index in [4.69, 9.17) is 0 Å². The van der Waals surface area contributed by atoms with E-state index in [-0.39, 0.29) is 13.5 Å². The maximum Gasteiger partial charge on any atom is 0.460 e. The van der Waals surface area contributed by atoms with Crippen molar-refractivity contribution in [3.8, 4) is 0 Å². The van der Waals surface area contributed by atoms with Crippen LogP contribution in [-0.4, -0.2) is 94.6 Å². The minimum absolute atomic E-state index is 0.0532. The first-order chi connectivity index (χ1) is 18.6. The van der Waals surface area contributed by atoms with Gasteiger partial charge in [-0.1, -0.05) is 12.8 Å². The minimum atomic E-state index is -9.22. The number of hydrogen-bond acceptors (Lipinski definition) is 3. The lowest BCUT2D eigenvalue weighted by Gasteiger charge is -2.53. The Labute approximate surface area is 226 Å². The summed E-state index contributed by atoms with van der Waals surface area (Å²) in [6, 6.07) is -0.884. The molecule has 3 nitrogen and oxygen atoms in total. The number of methoxy groups -OCH3 is 1. The van der Waals surface area contributed by atoms with Crippen molar-refractivity contribution in [2.24, 2.45) is 0 Å². The normalized spacial score (nSPS) is 22.6. The Bertz CT molecular complexity index is 1010. The van der Waals surface area contributed by atoms with Crippen LogP contribution in [0.5, 0.6) is 0 Å². The molecular weight excluding hydrogens is 691 g/mol. The van der Waals surface area contributed by atoms with Crippen molar-refractivity contribution in [3.05, 3.63) is 0 Å². The van der Waals surface area contributed by atoms with Crippen LogP contribution in [-0.2, 0) is 13.6 Å². The van der Waals surface area contributed by atoms with Gasteiger partial charge >= 0.3 is 68.0 Å². The van der Waals surface area contributed by atoms with Gasteiger partial charge in [0.2, 0.25) is 0 Å². The first-order valence-corrected chi connectivity index (χ1v) is 12.8. The molecular formula is C18H17F21O3Si. The average Bonchev–Trinajstić information content (AvgIpc) is 2.86. The highest BCUT2D eigenvalue weighted by atomic mass is 28.4. The topological polar surface area (TPSA) is 27.7 Å². The number of alkyl halides is 21. The summed E-state index contributed by atoms with van der Waals surface area (Å²) in [5.74, 6) is -77.8. The lowest BCUT2D eigenvalue weighted by Crippen LogP contribution is -2.81. The summed E-state index contributed by atoms with van der Waals surface area (Å²) in [7, 11) is -4.32. The van der Waals surface area contributed by atoms with E-state index in [2.05, 4.69) is 13.6 Å². The molecule has 1 rings (SSSR count). The second kappa shape index (κ2) is 10.6. The number of halogens is 21. The third kappa shape index (κ3) is 4.53. The standard InChI is InChI=1S/C18H17F21O3Si/c1-40-8(6-4-5-7-43(8,41-2)42-3)9(19,20)10(21,22)11(23,24)12(25,26)13(27,28)14(29,30)15(31,32)16(33,34)17(35,36)18(37,38)39/h4-7H2,1-3H3. The maximum absolute atomic E-state index is 15.3. The van der Waals surface area contributed by atoms with Crippen LogP contribution in [0.15, 0.2) is 0 Å². The van der Waals surface area contributed by atoms with Gasteiger partial charge in [-0.3, -0.25) is 0 Å². The van der Waals surface area contributed by atoms with Crippen LogP contribution in [0.2, 0.25) is 6.04 Å². The SMILES string of the molecule is COC1(C(F)(F)C(F)(F)C(F)(F)C(F)(F)C(F)(F)C(F)(F)C(F)(F)C(F)(F)C(F)(F)C(F)(F)F)CCCC[Si]1(OC)OC. The van der Waals surface area contributed by atoms with Gasteiger partial charge in [-0.25, -0.2) is 0 Å². The fourth-order valence-electron chi connectivity index (χ4n) is 4.33. The van der Waals surface area contributed by atoms with Crippen LogP contribution in [0.4, 0.5) is 92.2 Å². The molecule has 1 heterocycles. The highest BCUT2D eigenvalue weighted by molar-refractivity contribution is 6.71. The molecule has 0 N–H and O–H groups in total. The molecule has 0 aromatic rings. The van der Waals surface area contributed by atoms with Crippen molar-refractivity contribution in [2.45, 2.75) is 90.0 Å². The third-order valence-corrected chi connectivity index (χ3v) is 11.3. The first-order valence-electron chi connectivity index (χ1n) is 10.8. The van der Waals surface area contributed by atoms with Crippen LogP contribution < -0.4 is 0 Å². The van der Waals surface area contributed by atoms with E-state index in [1.165, 1.54) is 0 Å². The molecule has 1 unspecified atom stereocenters. The summed E-state index contributed by atoms with van der Waals surface area (Å²) in [4.78, 5) is 0. The zero-order chi connectivity index (χ0) is 34.9. The summed E-state index contributed by atoms with van der Waals surface area (Å²) >= 11 is 0. The van der Waals surface area contributed by atoms with Crippen molar-refractivity contribution >= 4 is 8.56 Å². The molecule has 1 atom stereocenters. The van der Waals surface area contributed by atoms with Crippen LogP contribution in [0.3, 0.4) is 0 Å². The number of rotatable bonds is 12. The monoisotopic (exact) mass is 708 g/mol. The second-order valence-electron chi connectivity index (χ2n) is 9.07. The maximum atomic E-state index is 15.3. The van der Waals surface area contributed by atoms with Gasteiger partial charge in [0.25, 0.3) is 0 Å². The van der Waals surface area contributed by atoms with Crippen LogP contribution in [0, 0.1) is 0 Å². The predicted octanol–water partition coefficient (Wildman–Crippen LogP) is 8.11. The summed E-state index contributed by atoms with van der Waals surface area (Å²) in [6.07, 6.45) is -10.6. The van der Waals surface area contributed by atoms with Gasteiger partial charge in [0.15, 0.2) is 5.22 Å². The Morgan fingerprint density at radius 3 is 1.02 bits per heavy atom. The summed E-state index contributed by atoms with van der Waals surface area (Å²) in [5.41, 5.74) is 0. The van der Waals surface area contributed by atoms with E-state index in [0.29, 0.717) is 14.2 Å². The van der Waals surface area contributed by atoms with Crippen LogP contribution in [0.1, 0.15) is 19.3 Å². The summed E-state index contributed by atoms with van der Waals surface area (Å²) in [5, 5.41) is -4.28. The zero-order valence-corrected chi connectivity index (χ0v) is 22.0. The molecule has 1 fully saturated rings. The number of hydrogen-bond donors (Lipinski definition) is 0. The Morgan fingerprint density at radius 2 is 0.744 bits per heavy atom. The minimum Gasteiger partial charge on any atom is -0.396 e. The van der Waals surface area contributed by atoms with E-state index in [9.17, 15) is 83.4 Å². The van der Waals surface area contributed by atoms with Crippen molar-refractivity contribution in [2.75, 3.05) is 21.3 Å². The molecule has 25 heteroatoms. The largest absolute Gasteiger partial charge is 0.460 e. The smallest absolute Gasteiger partial charge is 0.396 e. The van der Waals surface area contributed by atoms with E-state index in [1.54, 1.807) is 0 Å². The van der Waals surface area contributed by atoms with E-state index in [0.717, 1.165) is 0 Å².